The van der Waals surface area contributed by atoms with E-state index in [0.29, 0.717) is 22.2 Å². The molecule has 0 saturated heterocycles. The minimum absolute atomic E-state index is 0.0123. The third-order valence-electron chi connectivity index (χ3n) is 4.38. The third-order valence-corrected chi connectivity index (χ3v) is 4.71. The van der Waals surface area contributed by atoms with Gasteiger partial charge in [0.05, 0.1) is 31.2 Å². The lowest BCUT2D eigenvalue weighted by Crippen LogP contribution is -2.33. The predicted octanol–water partition coefficient (Wildman–Crippen LogP) is 2.81. The molecule has 3 rings (SSSR count). The van der Waals surface area contributed by atoms with E-state index in [-0.39, 0.29) is 25.5 Å². The maximum Gasteiger partial charge on any atom is 0.308 e. The number of ether oxygens (including phenoxy) is 2. The molecule has 10 heteroatoms. The molecular weight excluding hydrogens is 422 g/mol. The van der Waals surface area contributed by atoms with Crippen molar-refractivity contribution < 1.29 is 19.1 Å². The van der Waals surface area contributed by atoms with Crippen LogP contribution in [0.5, 0.6) is 5.75 Å². The van der Waals surface area contributed by atoms with Crippen molar-refractivity contribution in [2.75, 3.05) is 13.7 Å². The minimum atomic E-state index is -0.580. The van der Waals surface area contributed by atoms with E-state index < -0.39 is 12.0 Å². The second-order valence-corrected chi connectivity index (χ2v) is 6.93. The van der Waals surface area contributed by atoms with Crippen molar-refractivity contribution in [3.05, 3.63) is 59.1 Å². The summed E-state index contributed by atoms with van der Waals surface area (Å²) in [6.45, 7) is 1.81. The Bertz CT molecular complexity index is 1040. The van der Waals surface area contributed by atoms with Crippen LogP contribution in [-0.2, 0) is 20.9 Å². The number of hydrogen-bond acceptors (Lipinski definition) is 7. The second kappa shape index (κ2) is 10.5. The number of tetrazole rings is 1. The number of carbonyl (C=O) groups is 2. The van der Waals surface area contributed by atoms with Gasteiger partial charge in [0.1, 0.15) is 12.3 Å². The lowest BCUT2D eigenvalue weighted by molar-refractivity contribution is -0.143. The number of esters is 1. The highest BCUT2D eigenvalue weighted by atomic mass is 35.5. The molecule has 0 saturated carbocycles. The van der Waals surface area contributed by atoms with Gasteiger partial charge in [-0.3, -0.25) is 9.59 Å². The number of aromatic nitrogens is 4. The molecule has 0 unspecified atom stereocenters. The van der Waals surface area contributed by atoms with Crippen LogP contribution in [-0.4, -0.2) is 45.8 Å². The first kappa shape index (κ1) is 22.2. The van der Waals surface area contributed by atoms with Gasteiger partial charge in [0.15, 0.2) is 0 Å². The van der Waals surface area contributed by atoms with Crippen LogP contribution >= 0.6 is 11.6 Å². The number of methoxy groups -OCH3 is 1. The van der Waals surface area contributed by atoms with Crippen LogP contribution in [0.3, 0.4) is 0 Å². The number of nitrogens with zero attached hydrogens (tertiary/aromatic N) is 4. The topological polar surface area (TPSA) is 108 Å². The Hall–Kier alpha value is -3.46. The smallest absolute Gasteiger partial charge is 0.308 e. The summed E-state index contributed by atoms with van der Waals surface area (Å²) in [5, 5.41) is 15.4. The van der Waals surface area contributed by atoms with Crippen LogP contribution < -0.4 is 10.1 Å². The molecule has 0 aliphatic rings. The van der Waals surface area contributed by atoms with Gasteiger partial charge in [0.2, 0.25) is 11.7 Å². The molecule has 0 aliphatic heterocycles. The highest BCUT2D eigenvalue weighted by Gasteiger charge is 2.20. The Morgan fingerprint density at radius 1 is 1.16 bits per heavy atom. The van der Waals surface area contributed by atoms with Gasteiger partial charge in [-0.2, -0.15) is 4.80 Å². The first-order valence-corrected chi connectivity index (χ1v) is 9.99. The molecule has 0 radical (unpaired) electrons. The number of amides is 1. The Morgan fingerprint density at radius 2 is 1.90 bits per heavy atom. The molecule has 2 aromatic carbocycles. The summed E-state index contributed by atoms with van der Waals surface area (Å²) in [6.07, 6.45) is -0.0123. The summed E-state index contributed by atoms with van der Waals surface area (Å²) >= 11 is 6.16. The first-order chi connectivity index (χ1) is 15.0. The normalized spacial score (nSPS) is 11.6. The molecule has 1 N–H and O–H groups in total. The van der Waals surface area contributed by atoms with Crippen LogP contribution in [0.2, 0.25) is 5.02 Å². The summed E-state index contributed by atoms with van der Waals surface area (Å²) in [5.41, 5.74) is 1.36. The van der Waals surface area contributed by atoms with Crippen LogP contribution in [0.4, 0.5) is 0 Å². The molecule has 1 aromatic heterocycles. The fourth-order valence-electron chi connectivity index (χ4n) is 2.90. The number of halogens is 1. The average Bonchev–Trinajstić information content (AvgIpc) is 3.22. The van der Waals surface area contributed by atoms with Gasteiger partial charge in [-0.15, -0.1) is 10.2 Å². The quantitative estimate of drug-likeness (QED) is 0.506. The van der Waals surface area contributed by atoms with Gasteiger partial charge in [-0.05, 0) is 42.0 Å². The van der Waals surface area contributed by atoms with E-state index in [9.17, 15) is 9.59 Å². The molecule has 1 heterocycles. The van der Waals surface area contributed by atoms with E-state index in [1.165, 1.54) is 4.80 Å². The molecule has 162 valence electrons. The summed E-state index contributed by atoms with van der Waals surface area (Å²) < 4.78 is 10.2. The predicted molar refractivity (Wildman–Crippen MR) is 113 cm³/mol. The van der Waals surface area contributed by atoms with Crippen molar-refractivity contribution >= 4 is 23.5 Å². The van der Waals surface area contributed by atoms with Gasteiger partial charge in [-0.25, -0.2) is 0 Å². The molecule has 0 spiro atoms. The van der Waals surface area contributed by atoms with E-state index in [0.717, 1.165) is 5.56 Å². The zero-order valence-electron chi connectivity index (χ0n) is 17.1. The number of benzene rings is 2. The Balaban J connectivity index is 1.71. The van der Waals surface area contributed by atoms with Crippen molar-refractivity contribution in [2.45, 2.75) is 25.9 Å². The highest BCUT2D eigenvalue weighted by Crippen LogP contribution is 2.24. The molecular formula is C21H22ClN5O4. The summed E-state index contributed by atoms with van der Waals surface area (Å²) in [7, 11) is 1.56. The van der Waals surface area contributed by atoms with E-state index in [1.807, 2.05) is 6.07 Å². The summed E-state index contributed by atoms with van der Waals surface area (Å²) in [6, 6.07) is 13.6. The lowest BCUT2D eigenvalue weighted by atomic mass is 10.0. The zero-order valence-corrected chi connectivity index (χ0v) is 17.9. The van der Waals surface area contributed by atoms with Gasteiger partial charge in [-0.1, -0.05) is 35.9 Å². The van der Waals surface area contributed by atoms with E-state index in [4.69, 9.17) is 21.1 Å². The Morgan fingerprint density at radius 3 is 2.58 bits per heavy atom. The van der Waals surface area contributed by atoms with Gasteiger partial charge < -0.3 is 14.8 Å². The third kappa shape index (κ3) is 6.02. The van der Waals surface area contributed by atoms with Crippen molar-refractivity contribution in [1.82, 2.24) is 25.5 Å². The first-order valence-electron chi connectivity index (χ1n) is 9.61. The van der Waals surface area contributed by atoms with Gasteiger partial charge >= 0.3 is 5.97 Å². The standard InChI is InChI=1S/C21H22ClN5O4/c1-3-31-20(29)12-18(14-8-10-15(30-2)11-9-14)23-19(28)13-27-25-21(24-26-27)16-6-4-5-7-17(16)22/h4-11,18H,3,12-13H2,1-2H3,(H,23,28)/t18-/m0/s1. The average molecular weight is 444 g/mol. The van der Waals surface area contributed by atoms with Crippen LogP contribution in [0.15, 0.2) is 48.5 Å². The van der Waals surface area contributed by atoms with Crippen molar-refractivity contribution in [3.8, 4) is 17.1 Å². The number of hydrogen-bond donors (Lipinski definition) is 1. The number of carbonyl (C=O) groups excluding carboxylic acids is 2. The van der Waals surface area contributed by atoms with Crippen molar-refractivity contribution in [2.24, 2.45) is 0 Å². The fourth-order valence-corrected chi connectivity index (χ4v) is 3.12. The maximum absolute atomic E-state index is 12.6. The SMILES string of the molecule is CCOC(=O)C[C@H](NC(=O)Cn1nnc(-c2ccccc2Cl)n1)c1ccc(OC)cc1. The van der Waals surface area contributed by atoms with Crippen molar-refractivity contribution in [1.29, 1.82) is 0 Å². The Labute approximate surface area is 184 Å². The molecule has 1 atom stereocenters. The highest BCUT2D eigenvalue weighted by molar-refractivity contribution is 6.33. The molecule has 3 aromatic rings. The minimum Gasteiger partial charge on any atom is -0.497 e. The number of nitrogens with one attached hydrogen (secondary N) is 1. The van der Waals surface area contributed by atoms with E-state index in [2.05, 4.69) is 20.7 Å². The Kier molecular flexibility index (Phi) is 7.55. The van der Waals surface area contributed by atoms with Crippen LogP contribution in [0.1, 0.15) is 24.9 Å². The van der Waals surface area contributed by atoms with Gasteiger partial charge in [0.25, 0.3) is 0 Å². The molecule has 0 bridgehead atoms. The van der Waals surface area contributed by atoms with Crippen molar-refractivity contribution in [3.63, 3.8) is 0 Å². The monoisotopic (exact) mass is 443 g/mol. The van der Waals surface area contributed by atoms with E-state index in [1.54, 1.807) is 56.5 Å². The molecule has 0 fully saturated rings. The molecule has 0 aliphatic carbocycles. The van der Waals surface area contributed by atoms with E-state index >= 15 is 0 Å². The second-order valence-electron chi connectivity index (χ2n) is 6.53. The zero-order chi connectivity index (χ0) is 22.2. The molecule has 9 nitrogen and oxygen atoms in total. The fraction of sp³-hybridized carbons (Fsp3) is 0.286. The summed E-state index contributed by atoms with van der Waals surface area (Å²) in [4.78, 5) is 25.8. The largest absolute Gasteiger partial charge is 0.497 e. The van der Waals surface area contributed by atoms with Crippen LogP contribution in [0.25, 0.3) is 11.4 Å². The maximum atomic E-state index is 12.6. The number of rotatable bonds is 9. The summed E-state index contributed by atoms with van der Waals surface area (Å²) in [5.74, 6) is 0.192. The lowest BCUT2D eigenvalue weighted by Gasteiger charge is -2.18. The van der Waals surface area contributed by atoms with Gasteiger partial charge in [0, 0.05) is 5.56 Å². The molecule has 31 heavy (non-hydrogen) atoms. The molecule has 1 amide bonds. The van der Waals surface area contributed by atoms with Crippen LogP contribution in [0, 0.1) is 0 Å².